The number of hydrogen-bond acceptors (Lipinski definition) is 4. The molecule has 1 amide bonds. The van der Waals surface area contributed by atoms with E-state index in [9.17, 15) is 4.79 Å². The number of hydrogen-bond donors (Lipinski definition) is 1. The molecular weight excluding hydrogens is 340 g/mol. The monoisotopic (exact) mass is 362 g/mol. The summed E-state index contributed by atoms with van der Waals surface area (Å²) in [6.45, 7) is 3.96. The summed E-state index contributed by atoms with van der Waals surface area (Å²) in [6, 6.07) is 19.0. The van der Waals surface area contributed by atoms with Gasteiger partial charge in [-0.2, -0.15) is 5.10 Å². The van der Waals surface area contributed by atoms with E-state index in [1.165, 1.54) is 0 Å². The van der Waals surface area contributed by atoms with E-state index >= 15 is 0 Å². The van der Waals surface area contributed by atoms with Gasteiger partial charge in [-0.3, -0.25) is 4.79 Å². The highest BCUT2D eigenvalue weighted by Gasteiger charge is 2.13. The van der Waals surface area contributed by atoms with Crippen LogP contribution in [0.2, 0.25) is 0 Å². The maximum absolute atomic E-state index is 12.5. The Bertz CT molecular complexity index is 963. The first-order valence-electron chi connectivity index (χ1n) is 8.73. The van der Waals surface area contributed by atoms with Crippen LogP contribution in [0.5, 0.6) is 11.5 Å². The second-order valence-electron chi connectivity index (χ2n) is 6.33. The summed E-state index contributed by atoms with van der Waals surface area (Å²) in [7, 11) is 1.55. The van der Waals surface area contributed by atoms with Crippen LogP contribution in [-0.4, -0.2) is 25.3 Å². The molecule has 27 heavy (non-hydrogen) atoms. The number of benzene rings is 3. The van der Waals surface area contributed by atoms with Gasteiger partial charge in [-0.25, -0.2) is 5.43 Å². The largest absolute Gasteiger partial charge is 0.496 e. The maximum Gasteiger partial charge on any atom is 0.275 e. The molecule has 5 nitrogen and oxygen atoms in total. The fourth-order valence-corrected chi connectivity index (χ4v) is 2.70. The minimum Gasteiger partial charge on any atom is -0.496 e. The van der Waals surface area contributed by atoms with Crippen molar-refractivity contribution >= 4 is 22.9 Å². The summed E-state index contributed by atoms with van der Waals surface area (Å²) >= 11 is 0. The Labute approximate surface area is 158 Å². The molecule has 0 radical (unpaired) electrons. The minimum absolute atomic E-state index is 0.126. The molecule has 0 atom stereocenters. The molecule has 0 saturated heterocycles. The summed E-state index contributed by atoms with van der Waals surface area (Å²) in [4.78, 5) is 12.5. The van der Waals surface area contributed by atoms with Gasteiger partial charge in [0.1, 0.15) is 11.5 Å². The van der Waals surface area contributed by atoms with Crippen LogP contribution in [0.25, 0.3) is 10.8 Å². The number of nitrogens with zero attached hydrogens (tertiary/aromatic N) is 1. The molecule has 0 aromatic heterocycles. The molecule has 0 aliphatic rings. The van der Waals surface area contributed by atoms with Crippen molar-refractivity contribution in [3.8, 4) is 11.5 Å². The molecule has 5 heteroatoms. The van der Waals surface area contributed by atoms with Gasteiger partial charge in [-0.15, -0.1) is 0 Å². The SMILES string of the molecule is COc1cc2ccccc2cc1C(=O)NN=Cc1ccc(OC(C)C)cc1. The third kappa shape index (κ3) is 4.64. The first kappa shape index (κ1) is 18.5. The Kier molecular flexibility index (Phi) is 5.71. The zero-order valence-corrected chi connectivity index (χ0v) is 15.6. The van der Waals surface area contributed by atoms with E-state index in [1.807, 2.05) is 68.4 Å². The number of ether oxygens (including phenoxy) is 2. The smallest absolute Gasteiger partial charge is 0.275 e. The lowest BCUT2D eigenvalue weighted by molar-refractivity contribution is 0.0952. The molecule has 0 bridgehead atoms. The molecule has 0 unspecified atom stereocenters. The minimum atomic E-state index is -0.325. The average Bonchev–Trinajstić information content (AvgIpc) is 2.67. The maximum atomic E-state index is 12.5. The van der Waals surface area contributed by atoms with Crippen LogP contribution in [0.3, 0.4) is 0 Å². The van der Waals surface area contributed by atoms with Gasteiger partial charge < -0.3 is 9.47 Å². The van der Waals surface area contributed by atoms with Gasteiger partial charge in [-0.05, 0) is 66.6 Å². The van der Waals surface area contributed by atoms with Crippen LogP contribution >= 0.6 is 0 Å². The van der Waals surface area contributed by atoms with Gasteiger partial charge in [0.25, 0.3) is 5.91 Å². The Balaban J connectivity index is 1.72. The van der Waals surface area contributed by atoms with Crippen LogP contribution in [0.1, 0.15) is 29.8 Å². The summed E-state index contributed by atoms with van der Waals surface area (Å²) < 4.78 is 11.0. The van der Waals surface area contributed by atoms with E-state index in [2.05, 4.69) is 10.5 Å². The Hall–Kier alpha value is -3.34. The van der Waals surface area contributed by atoms with E-state index in [0.29, 0.717) is 11.3 Å². The predicted octanol–water partition coefficient (Wildman–Crippen LogP) is 4.40. The van der Waals surface area contributed by atoms with Gasteiger partial charge in [0, 0.05) is 0 Å². The third-order valence-corrected chi connectivity index (χ3v) is 3.94. The number of carbonyl (C=O) groups excluding carboxylic acids is 1. The Morgan fingerprint density at radius 3 is 2.33 bits per heavy atom. The number of carbonyl (C=O) groups is 1. The zero-order chi connectivity index (χ0) is 19.2. The third-order valence-electron chi connectivity index (χ3n) is 3.94. The number of nitrogens with one attached hydrogen (secondary N) is 1. The van der Waals surface area contributed by atoms with Gasteiger partial charge in [0.05, 0.1) is 25.0 Å². The molecule has 138 valence electrons. The number of hydrazone groups is 1. The van der Waals surface area contributed by atoms with Crippen molar-refractivity contribution < 1.29 is 14.3 Å². The lowest BCUT2D eigenvalue weighted by Crippen LogP contribution is -2.18. The standard InChI is InChI=1S/C22H22N2O3/c1-15(2)27-19-10-8-16(9-11-19)14-23-24-22(25)20-12-17-6-4-5-7-18(17)13-21(20)26-3/h4-15H,1-3H3,(H,24,25). The van der Waals surface area contributed by atoms with E-state index in [4.69, 9.17) is 9.47 Å². The fraction of sp³-hybridized carbons (Fsp3) is 0.182. The van der Waals surface area contributed by atoms with Crippen LogP contribution < -0.4 is 14.9 Å². The first-order valence-corrected chi connectivity index (χ1v) is 8.73. The predicted molar refractivity (Wildman–Crippen MR) is 108 cm³/mol. The summed E-state index contributed by atoms with van der Waals surface area (Å²) in [6.07, 6.45) is 1.71. The van der Waals surface area contributed by atoms with Crippen LogP contribution in [0.4, 0.5) is 0 Å². The highest BCUT2D eigenvalue weighted by Crippen LogP contribution is 2.25. The summed E-state index contributed by atoms with van der Waals surface area (Å²) in [5.74, 6) is 0.984. The van der Waals surface area contributed by atoms with E-state index in [-0.39, 0.29) is 12.0 Å². The normalized spacial score (nSPS) is 11.1. The van der Waals surface area contributed by atoms with Gasteiger partial charge in [-0.1, -0.05) is 24.3 Å². The summed E-state index contributed by atoms with van der Waals surface area (Å²) in [5, 5.41) is 6.02. The Morgan fingerprint density at radius 2 is 1.70 bits per heavy atom. The van der Waals surface area contributed by atoms with Gasteiger partial charge in [0.15, 0.2) is 0 Å². The number of methoxy groups -OCH3 is 1. The molecule has 3 aromatic rings. The lowest BCUT2D eigenvalue weighted by Gasteiger charge is -2.09. The highest BCUT2D eigenvalue weighted by atomic mass is 16.5. The van der Waals surface area contributed by atoms with Crippen LogP contribution in [-0.2, 0) is 0 Å². The summed E-state index contributed by atoms with van der Waals surface area (Å²) in [5.41, 5.74) is 3.85. The van der Waals surface area contributed by atoms with Crippen molar-refractivity contribution in [3.63, 3.8) is 0 Å². The molecule has 0 aliphatic heterocycles. The van der Waals surface area contributed by atoms with Gasteiger partial charge >= 0.3 is 0 Å². The lowest BCUT2D eigenvalue weighted by atomic mass is 10.1. The highest BCUT2D eigenvalue weighted by molar-refractivity contribution is 6.01. The van der Waals surface area contributed by atoms with Crippen molar-refractivity contribution in [2.45, 2.75) is 20.0 Å². The number of rotatable bonds is 6. The average molecular weight is 362 g/mol. The van der Waals surface area contributed by atoms with Crippen molar-refractivity contribution in [3.05, 3.63) is 71.8 Å². The van der Waals surface area contributed by atoms with E-state index in [1.54, 1.807) is 19.4 Å². The number of fused-ring (bicyclic) bond motifs is 1. The molecule has 3 aromatic carbocycles. The van der Waals surface area contributed by atoms with Gasteiger partial charge in [0.2, 0.25) is 0 Å². The molecule has 3 rings (SSSR count). The first-order chi connectivity index (χ1) is 13.1. The molecular formula is C22H22N2O3. The Morgan fingerprint density at radius 1 is 1.04 bits per heavy atom. The van der Waals surface area contributed by atoms with Crippen molar-refractivity contribution in [1.29, 1.82) is 0 Å². The molecule has 0 spiro atoms. The molecule has 0 heterocycles. The molecule has 0 fully saturated rings. The molecule has 0 saturated carbocycles. The fourth-order valence-electron chi connectivity index (χ4n) is 2.70. The molecule has 1 N–H and O–H groups in total. The van der Waals surface area contributed by atoms with E-state index < -0.39 is 0 Å². The van der Waals surface area contributed by atoms with E-state index in [0.717, 1.165) is 22.1 Å². The topological polar surface area (TPSA) is 59.9 Å². The van der Waals surface area contributed by atoms with Crippen molar-refractivity contribution in [1.82, 2.24) is 5.43 Å². The second-order valence-corrected chi connectivity index (χ2v) is 6.33. The van der Waals surface area contributed by atoms with Crippen LogP contribution in [0.15, 0.2) is 65.8 Å². The zero-order valence-electron chi connectivity index (χ0n) is 15.6. The number of amides is 1. The second kappa shape index (κ2) is 8.36. The van der Waals surface area contributed by atoms with Crippen LogP contribution in [0, 0.1) is 0 Å². The van der Waals surface area contributed by atoms with Crippen molar-refractivity contribution in [2.24, 2.45) is 5.10 Å². The quantitative estimate of drug-likeness (QED) is 0.522. The molecule has 0 aliphatic carbocycles. The van der Waals surface area contributed by atoms with Crippen molar-refractivity contribution in [2.75, 3.05) is 7.11 Å².